The van der Waals surface area contributed by atoms with Crippen LogP contribution in [0.1, 0.15) is 72.2 Å². The monoisotopic (exact) mass is 837 g/mol. The minimum Gasteiger partial charge on any atom is -0.0985 e. The number of hydrogen-bond acceptors (Lipinski definition) is 0. The van der Waals surface area contributed by atoms with Gasteiger partial charge in [-0.25, -0.2) is 0 Å². The van der Waals surface area contributed by atoms with Crippen LogP contribution in [0.2, 0.25) is 0 Å². The summed E-state index contributed by atoms with van der Waals surface area (Å²) >= 11 is 0. The van der Waals surface area contributed by atoms with Crippen molar-refractivity contribution in [2.24, 2.45) is 0 Å². The van der Waals surface area contributed by atoms with Crippen LogP contribution in [0.5, 0.6) is 0 Å². The van der Waals surface area contributed by atoms with E-state index < -0.39 is 0 Å². The number of benzene rings is 8. The molecule has 64 heavy (non-hydrogen) atoms. The van der Waals surface area contributed by atoms with Gasteiger partial charge in [0.25, 0.3) is 0 Å². The van der Waals surface area contributed by atoms with Crippen LogP contribution in [-0.4, -0.2) is 0 Å². The Morgan fingerprint density at radius 1 is 0.328 bits per heavy atom. The molecule has 0 N–H and O–H groups in total. The molecule has 0 radical (unpaired) electrons. The summed E-state index contributed by atoms with van der Waals surface area (Å²) in [5, 5.41) is 0. The average molecular weight is 837 g/mol. The third-order valence-corrected chi connectivity index (χ3v) is 10.8. The first-order valence-corrected chi connectivity index (χ1v) is 22.1. The lowest BCUT2D eigenvalue weighted by Gasteiger charge is -2.04. The van der Waals surface area contributed by atoms with Gasteiger partial charge < -0.3 is 0 Å². The average Bonchev–Trinajstić information content (AvgIpc) is 3.32. The molecule has 0 aliphatic rings. The van der Waals surface area contributed by atoms with Crippen LogP contribution in [0, 0.1) is 34.6 Å². The standard InChI is InChI=1S/C18H20.C16H16.C15H14.C14H14.CH4/c1-3-4-5-6-16-9-13-18(14-10-16)17-11-7-15(2)8-12-17;1-3-4-14-7-11-16(12-8-14)15-9-5-13(2)6-10-15;1-3-13-6-10-15(11-7-13)14-8-4-12(2)5-9-14;1-11-3-7-13(8-4-11)14-9-5-12(2)6-10-14;/h3-4,7-14H,5-6H2,1-2H3;3-12H,1-2H3;3-11H,1H2,2H3;3-10H,1-2H3;1H4/b2*4-3+;;;. The molecule has 8 aromatic rings. The van der Waals surface area contributed by atoms with Crippen molar-refractivity contribution in [2.45, 2.75) is 68.7 Å². The van der Waals surface area contributed by atoms with E-state index in [2.05, 4.69) is 267 Å². The third kappa shape index (κ3) is 16.4. The molecule has 0 heteroatoms. The maximum absolute atomic E-state index is 3.74. The Hall–Kier alpha value is -7.02. The highest BCUT2D eigenvalue weighted by molar-refractivity contribution is 5.68. The van der Waals surface area contributed by atoms with E-state index >= 15 is 0 Å². The van der Waals surface area contributed by atoms with E-state index in [1.807, 2.05) is 13.0 Å². The second-order valence-corrected chi connectivity index (χ2v) is 16.1. The molecule has 0 amide bonds. The molecule has 0 unspecified atom stereocenters. The minimum atomic E-state index is 0. The molecule has 0 aliphatic heterocycles. The van der Waals surface area contributed by atoms with Gasteiger partial charge in [0.05, 0.1) is 0 Å². The van der Waals surface area contributed by atoms with Crippen LogP contribution in [0.3, 0.4) is 0 Å². The summed E-state index contributed by atoms with van der Waals surface area (Å²) in [7, 11) is 0. The van der Waals surface area contributed by atoms with Gasteiger partial charge in [0.15, 0.2) is 0 Å². The minimum absolute atomic E-state index is 0. The second kappa shape index (κ2) is 26.5. The molecule has 0 spiro atoms. The van der Waals surface area contributed by atoms with Crippen molar-refractivity contribution in [3.63, 3.8) is 0 Å². The SMILES string of the molecule is C.C/C=C/CCc1ccc(-c2ccc(C)cc2)cc1.C/C=C/c1ccc(-c2ccc(C)cc2)cc1.C=Cc1ccc(-c2ccc(C)cc2)cc1.Cc1ccc(-c2ccc(C)cc2)cc1. The molecule has 0 atom stereocenters. The zero-order chi connectivity index (χ0) is 44.8. The first-order valence-electron chi connectivity index (χ1n) is 22.1. The summed E-state index contributed by atoms with van der Waals surface area (Å²) in [4.78, 5) is 0. The van der Waals surface area contributed by atoms with Gasteiger partial charge in [-0.1, -0.05) is 266 Å². The van der Waals surface area contributed by atoms with Crippen molar-refractivity contribution in [3.8, 4) is 44.5 Å². The summed E-state index contributed by atoms with van der Waals surface area (Å²) in [6.45, 7) is 18.4. The fraction of sp³-hybridized carbons (Fsp3) is 0.156. The zero-order valence-electron chi connectivity index (χ0n) is 38.5. The van der Waals surface area contributed by atoms with E-state index in [-0.39, 0.29) is 7.43 Å². The fourth-order valence-electron chi connectivity index (χ4n) is 6.80. The van der Waals surface area contributed by atoms with Gasteiger partial charge in [0.2, 0.25) is 0 Å². The van der Waals surface area contributed by atoms with E-state index in [4.69, 9.17) is 0 Å². The Kier molecular flexibility index (Phi) is 20.5. The maximum Gasteiger partial charge on any atom is -0.0184 e. The molecular formula is C64H68. The molecule has 0 saturated carbocycles. The molecule has 0 fully saturated rings. The van der Waals surface area contributed by atoms with Gasteiger partial charge in [-0.15, -0.1) is 0 Å². The number of aryl methyl sites for hydroxylation is 6. The Balaban J connectivity index is 0.000000187. The van der Waals surface area contributed by atoms with Gasteiger partial charge in [0, 0.05) is 0 Å². The zero-order valence-corrected chi connectivity index (χ0v) is 38.5. The van der Waals surface area contributed by atoms with E-state index in [0.717, 1.165) is 18.4 Å². The van der Waals surface area contributed by atoms with Crippen LogP contribution < -0.4 is 0 Å². The Labute approximate surface area is 387 Å². The Morgan fingerprint density at radius 3 is 0.828 bits per heavy atom. The summed E-state index contributed by atoms with van der Waals surface area (Å²) in [6.07, 6.45) is 12.6. The quantitative estimate of drug-likeness (QED) is 0.127. The van der Waals surface area contributed by atoms with E-state index in [1.165, 1.54) is 83.5 Å². The van der Waals surface area contributed by atoms with Gasteiger partial charge in [-0.3, -0.25) is 0 Å². The highest BCUT2D eigenvalue weighted by Gasteiger charge is 2.00. The summed E-state index contributed by atoms with van der Waals surface area (Å²) in [5.74, 6) is 0. The topological polar surface area (TPSA) is 0 Å². The van der Waals surface area contributed by atoms with Gasteiger partial charge in [-0.2, -0.15) is 0 Å². The molecule has 324 valence electrons. The summed E-state index contributed by atoms with van der Waals surface area (Å²) < 4.78 is 0. The first kappa shape index (κ1) is 49.6. The Bertz CT molecular complexity index is 2540. The maximum atomic E-state index is 3.74. The van der Waals surface area contributed by atoms with Crippen LogP contribution in [0.25, 0.3) is 56.7 Å². The van der Waals surface area contributed by atoms with Crippen molar-refractivity contribution >= 4 is 12.2 Å². The highest BCUT2D eigenvalue weighted by Crippen LogP contribution is 2.24. The summed E-state index contributed by atoms with van der Waals surface area (Å²) in [5.41, 5.74) is 20.5. The second-order valence-electron chi connectivity index (χ2n) is 16.1. The van der Waals surface area contributed by atoms with Crippen LogP contribution in [0.15, 0.2) is 219 Å². The van der Waals surface area contributed by atoms with Crippen molar-refractivity contribution in [2.75, 3.05) is 0 Å². The molecule has 0 heterocycles. The Morgan fingerprint density at radius 2 is 0.578 bits per heavy atom. The molecule has 0 saturated heterocycles. The summed E-state index contributed by atoms with van der Waals surface area (Å²) in [6, 6.07) is 69.1. The van der Waals surface area contributed by atoms with Crippen LogP contribution in [0.4, 0.5) is 0 Å². The molecule has 0 aromatic heterocycles. The number of rotatable bonds is 9. The molecule has 8 aromatic carbocycles. The van der Waals surface area contributed by atoms with Crippen molar-refractivity contribution < 1.29 is 0 Å². The molecule has 0 bridgehead atoms. The van der Waals surface area contributed by atoms with Gasteiger partial charge in [0.1, 0.15) is 0 Å². The van der Waals surface area contributed by atoms with Gasteiger partial charge >= 0.3 is 0 Å². The van der Waals surface area contributed by atoms with Crippen LogP contribution in [-0.2, 0) is 6.42 Å². The number of hydrogen-bond donors (Lipinski definition) is 0. The first-order chi connectivity index (χ1) is 30.6. The van der Waals surface area contributed by atoms with Crippen molar-refractivity contribution in [1.82, 2.24) is 0 Å². The lowest BCUT2D eigenvalue weighted by molar-refractivity contribution is 1.000. The fourth-order valence-corrected chi connectivity index (χ4v) is 6.80. The van der Waals surface area contributed by atoms with E-state index in [9.17, 15) is 0 Å². The van der Waals surface area contributed by atoms with Crippen molar-refractivity contribution in [1.29, 1.82) is 0 Å². The predicted octanol–water partition coefficient (Wildman–Crippen LogP) is 18.8. The molecular weight excluding hydrogens is 769 g/mol. The lowest BCUT2D eigenvalue weighted by atomic mass is 10.0. The lowest BCUT2D eigenvalue weighted by Crippen LogP contribution is -1.84. The highest BCUT2D eigenvalue weighted by atomic mass is 14.1. The molecule has 0 aliphatic carbocycles. The third-order valence-electron chi connectivity index (χ3n) is 10.8. The van der Waals surface area contributed by atoms with Gasteiger partial charge in [-0.05, 0) is 123 Å². The molecule has 0 nitrogen and oxygen atoms in total. The smallest absolute Gasteiger partial charge is 0.0184 e. The van der Waals surface area contributed by atoms with Crippen molar-refractivity contribution in [3.05, 3.63) is 263 Å². The predicted molar refractivity (Wildman–Crippen MR) is 286 cm³/mol. The van der Waals surface area contributed by atoms with E-state index in [1.54, 1.807) is 0 Å². The normalized spacial score (nSPS) is 10.4. The largest absolute Gasteiger partial charge is 0.0985 e. The number of allylic oxidation sites excluding steroid dienone is 3. The van der Waals surface area contributed by atoms with Crippen LogP contribution >= 0.6 is 0 Å². The molecule has 8 rings (SSSR count). The van der Waals surface area contributed by atoms with E-state index in [0.29, 0.717) is 0 Å².